The largest absolute Gasteiger partial charge is 0.507 e. The number of nitrogens with one attached hydrogen (secondary N) is 1. The van der Waals surface area contributed by atoms with Crippen LogP contribution in [0, 0.1) is 10.1 Å². The number of amides is 1. The molecule has 0 radical (unpaired) electrons. The zero-order valence-electron chi connectivity index (χ0n) is 11.8. The quantitative estimate of drug-likeness (QED) is 0.484. The fourth-order valence-electron chi connectivity index (χ4n) is 1.92. The van der Waals surface area contributed by atoms with Crippen molar-refractivity contribution < 1.29 is 14.8 Å². The van der Waals surface area contributed by atoms with Gasteiger partial charge in [0.15, 0.2) is 0 Å². The summed E-state index contributed by atoms with van der Waals surface area (Å²) >= 11 is 3.49. The van der Waals surface area contributed by atoms with E-state index in [-0.39, 0.29) is 27.0 Å². The van der Waals surface area contributed by atoms with Crippen LogP contribution in [0.2, 0.25) is 0 Å². The maximum Gasteiger partial charge on any atom is 0.270 e. The lowest BCUT2D eigenvalue weighted by Gasteiger charge is -2.19. The summed E-state index contributed by atoms with van der Waals surface area (Å²) in [5, 5.41) is 24.1. The number of non-ortho nitro benzene ring substituents is 1. The molecule has 1 heterocycles. The van der Waals surface area contributed by atoms with Crippen LogP contribution >= 0.6 is 23.5 Å². The summed E-state index contributed by atoms with van der Waals surface area (Å²) in [5.74, 6) is 1.68. The third-order valence-corrected chi connectivity index (χ3v) is 6.29. The van der Waals surface area contributed by atoms with Gasteiger partial charge in [-0.25, -0.2) is 5.43 Å². The molecule has 22 heavy (non-hydrogen) atoms. The highest BCUT2D eigenvalue weighted by molar-refractivity contribution is 8.21. The number of carbonyl (C=O) groups excluding carboxylic acids is 1. The second-order valence-corrected chi connectivity index (χ2v) is 8.26. The van der Waals surface area contributed by atoms with E-state index < -0.39 is 4.92 Å². The molecule has 0 unspecified atom stereocenters. The van der Waals surface area contributed by atoms with E-state index in [0.717, 1.165) is 11.5 Å². The minimum Gasteiger partial charge on any atom is -0.507 e. The Hall–Kier alpha value is -1.74. The Morgan fingerprint density at radius 2 is 2.23 bits per heavy atom. The maximum absolute atomic E-state index is 11.8. The van der Waals surface area contributed by atoms with Gasteiger partial charge in [0.2, 0.25) is 5.91 Å². The molecule has 0 saturated carbocycles. The Kier molecular flexibility index (Phi) is 5.30. The molecular formula is C13H15N3O4S2. The Balaban J connectivity index is 1.96. The molecule has 2 rings (SSSR count). The number of hydrogen-bond donors (Lipinski definition) is 2. The van der Waals surface area contributed by atoms with Crippen LogP contribution < -0.4 is 5.43 Å². The van der Waals surface area contributed by atoms with Gasteiger partial charge >= 0.3 is 0 Å². The number of phenols is 1. The topological polar surface area (TPSA) is 105 Å². The molecule has 1 aliphatic heterocycles. The van der Waals surface area contributed by atoms with E-state index in [0.29, 0.717) is 6.42 Å². The molecule has 0 atom stereocenters. The highest BCUT2D eigenvalue weighted by Crippen LogP contribution is 2.45. The van der Waals surface area contributed by atoms with Crippen molar-refractivity contribution in [1.29, 1.82) is 0 Å². The Morgan fingerprint density at radius 1 is 1.55 bits per heavy atom. The molecule has 1 saturated heterocycles. The minimum atomic E-state index is -0.565. The van der Waals surface area contributed by atoms with Crippen LogP contribution in [0.25, 0.3) is 0 Å². The van der Waals surface area contributed by atoms with Gasteiger partial charge in [-0.05, 0) is 13.0 Å². The number of nitro benzene ring substituents is 1. The predicted octanol–water partition coefficient (Wildman–Crippen LogP) is 2.34. The summed E-state index contributed by atoms with van der Waals surface area (Å²) < 4.78 is -0.132. The average Bonchev–Trinajstić information content (AvgIpc) is 2.86. The molecule has 118 valence electrons. The molecule has 1 aromatic rings. The molecule has 1 fully saturated rings. The van der Waals surface area contributed by atoms with Crippen molar-refractivity contribution in [1.82, 2.24) is 5.43 Å². The number of aromatic hydroxyl groups is 1. The standard InChI is InChI=1S/C13H15N3O4S2/c1-13(21-4-5-22-13)7-12(18)15-14-8-9-6-10(16(19)20)2-3-11(9)17/h2-3,6,8,17H,4-5,7H2,1H3,(H,15,18)/b14-8-. The number of nitrogens with zero attached hydrogens (tertiary/aromatic N) is 2. The highest BCUT2D eigenvalue weighted by Gasteiger charge is 2.32. The predicted molar refractivity (Wildman–Crippen MR) is 88.4 cm³/mol. The third-order valence-electron chi connectivity index (χ3n) is 2.99. The summed E-state index contributed by atoms with van der Waals surface area (Å²) in [6, 6.07) is 3.60. The molecule has 0 aromatic heterocycles. The smallest absolute Gasteiger partial charge is 0.270 e. The zero-order chi connectivity index (χ0) is 16.2. The lowest BCUT2D eigenvalue weighted by Crippen LogP contribution is -2.26. The van der Waals surface area contributed by atoms with Crippen LogP contribution in [0.15, 0.2) is 23.3 Å². The molecule has 0 aliphatic carbocycles. The van der Waals surface area contributed by atoms with Crippen LogP contribution in [-0.2, 0) is 4.79 Å². The van der Waals surface area contributed by atoms with Crippen LogP contribution in [-0.4, -0.2) is 37.7 Å². The average molecular weight is 341 g/mol. The summed E-state index contributed by atoms with van der Waals surface area (Å²) in [4.78, 5) is 21.9. The third kappa shape index (κ3) is 4.38. The van der Waals surface area contributed by atoms with Gasteiger partial charge in [0.25, 0.3) is 5.69 Å². The van der Waals surface area contributed by atoms with Gasteiger partial charge in [0.1, 0.15) is 5.75 Å². The molecule has 1 amide bonds. The number of hydrogen-bond acceptors (Lipinski definition) is 7. The van der Waals surface area contributed by atoms with Gasteiger partial charge in [0, 0.05) is 29.2 Å². The molecule has 1 aliphatic rings. The van der Waals surface area contributed by atoms with Gasteiger partial charge in [-0.15, -0.1) is 23.5 Å². The Bertz CT molecular complexity index is 615. The summed E-state index contributed by atoms with van der Waals surface area (Å²) in [6.45, 7) is 2.02. The molecule has 0 bridgehead atoms. The first-order chi connectivity index (χ1) is 10.4. The van der Waals surface area contributed by atoms with E-state index in [1.54, 1.807) is 23.5 Å². The zero-order valence-corrected chi connectivity index (χ0v) is 13.4. The maximum atomic E-state index is 11.8. The van der Waals surface area contributed by atoms with Crippen molar-refractivity contribution in [2.75, 3.05) is 11.5 Å². The van der Waals surface area contributed by atoms with Crippen LogP contribution in [0.4, 0.5) is 5.69 Å². The first kappa shape index (κ1) is 16.6. The van der Waals surface area contributed by atoms with Gasteiger partial charge in [-0.1, -0.05) is 0 Å². The first-order valence-electron chi connectivity index (χ1n) is 6.47. The number of phenolic OH excluding ortho intramolecular Hbond substituents is 1. The first-order valence-corrected chi connectivity index (χ1v) is 8.44. The Labute approximate surface area is 135 Å². The lowest BCUT2D eigenvalue weighted by atomic mass is 10.2. The van der Waals surface area contributed by atoms with E-state index in [2.05, 4.69) is 10.5 Å². The van der Waals surface area contributed by atoms with Crippen LogP contribution in [0.3, 0.4) is 0 Å². The normalized spacial score (nSPS) is 16.8. The van der Waals surface area contributed by atoms with Crippen molar-refractivity contribution >= 4 is 41.3 Å². The van der Waals surface area contributed by atoms with Gasteiger partial charge in [-0.2, -0.15) is 5.10 Å². The van der Waals surface area contributed by atoms with Gasteiger partial charge < -0.3 is 5.11 Å². The second-order valence-electron chi connectivity index (χ2n) is 4.80. The minimum absolute atomic E-state index is 0.132. The van der Waals surface area contributed by atoms with E-state index in [4.69, 9.17) is 0 Å². The fraction of sp³-hybridized carbons (Fsp3) is 0.385. The monoisotopic (exact) mass is 341 g/mol. The highest BCUT2D eigenvalue weighted by atomic mass is 32.2. The number of nitro groups is 1. The van der Waals surface area contributed by atoms with Gasteiger partial charge in [0.05, 0.1) is 21.6 Å². The Morgan fingerprint density at radius 3 is 2.86 bits per heavy atom. The molecule has 2 N–H and O–H groups in total. The van der Waals surface area contributed by atoms with Gasteiger partial charge in [-0.3, -0.25) is 14.9 Å². The van der Waals surface area contributed by atoms with Crippen molar-refractivity contribution in [3.05, 3.63) is 33.9 Å². The molecule has 7 nitrogen and oxygen atoms in total. The van der Waals surface area contributed by atoms with Crippen molar-refractivity contribution in [2.45, 2.75) is 17.4 Å². The lowest BCUT2D eigenvalue weighted by molar-refractivity contribution is -0.384. The number of rotatable bonds is 5. The molecule has 0 spiro atoms. The summed E-state index contributed by atoms with van der Waals surface area (Å²) in [6.07, 6.45) is 1.53. The summed E-state index contributed by atoms with van der Waals surface area (Å²) in [5.41, 5.74) is 2.40. The number of thioether (sulfide) groups is 2. The van der Waals surface area contributed by atoms with E-state index in [1.165, 1.54) is 24.4 Å². The SMILES string of the molecule is CC1(CC(=O)N/N=C\c2cc([N+](=O)[O-])ccc2O)SCCS1. The molecule has 1 aromatic carbocycles. The van der Waals surface area contributed by atoms with Crippen molar-refractivity contribution in [2.24, 2.45) is 5.10 Å². The van der Waals surface area contributed by atoms with Crippen molar-refractivity contribution in [3.8, 4) is 5.75 Å². The molecular weight excluding hydrogens is 326 g/mol. The van der Waals surface area contributed by atoms with E-state index in [1.807, 2.05) is 6.92 Å². The summed E-state index contributed by atoms with van der Waals surface area (Å²) in [7, 11) is 0. The van der Waals surface area contributed by atoms with E-state index in [9.17, 15) is 20.0 Å². The molecule has 9 heteroatoms. The number of benzene rings is 1. The number of hydrazone groups is 1. The van der Waals surface area contributed by atoms with E-state index >= 15 is 0 Å². The fourth-order valence-corrected chi connectivity index (χ4v) is 4.75. The number of carbonyl (C=O) groups is 1. The second kappa shape index (κ2) is 7.01. The van der Waals surface area contributed by atoms with Crippen LogP contribution in [0.1, 0.15) is 18.9 Å². The van der Waals surface area contributed by atoms with Crippen molar-refractivity contribution in [3.63, 3.8) is 0 Å². The van der Waals surface area contributed by atoms with Crippen LogP contribution in [0.5, 0.6) is 5.75 Å².